The van der Waals surface area contributed by atoms with Gasteiger partial charge in [0.15, 0.2) is 0 Å². The molecule has 1 heterocycles. The molecule has 0 aliphatic rings. The molecule has 0 aliphatic carbocycles. The van der Waals surface area contributed by atoms with Gasteiger partial charge in [-0.3, -0.25) is 0 Å². The first-order valence-corrected chi connectivity index (χ1v) is 5.64. The number of fused-ring (bicyclic) bond motifs is 1. The van der Waals surface area contributed by atoms with Crippen LogP contribution in [0.25, 0.3) is 11.0 Å². The molecule has 0 spiro atoms. The van der Waals surface area contributed by atoms with Gasteiger partial charge in [0.2, 0.25) is 0 Å². The predicted molar refractivity (Wildman–Crippen MR) is 63.9 cm³/mol. The zero-order valence-electron chi connectivity index (χ0n) is 8.75. The van der Waals surface area contributed by atoms with Crippen molar-refractivity contribution in [2.24, 2.45) is 0 Å². The van der Waals surface area contributed by atoms with Gasteiger partial charge in [0.1, 0.15) is 11.3 Å². The van der Waals surface area contributed by atoms with Crippen LogP contribution in [0, 0.1) is 0 Å². The van der Waals surface area contributed by atoms with Crippen LogP contribution in [0.15, 0.2) is 33.2 Å². The fourth-order valence-electron chi connectivity index (χ4n) is 1.59. The molecule has 2 nitrogen and oxygen atoms in total. The SMILES string of the molecule is CC(C)(O)Cc1cc2c(Br)cccc2o1. The van der Waals surface area contributed by atoms with E-state index in [0.717, 1.165) is 21.2 Å². The van der Waals surface area contributed by atoms with Crippen LogP contribution in [0.3, 0.4) is 0 Å². The molecular weight excluding hydrogens is 256 g/mol. The largest absolute Gasteiger partial charge is 0.461 e. The van der Waals surface area contributed by atoms with Crippen molar-refractivity contribution in [2.45, 2.75) is 25.9 Å². The number of aliphatic hydroxyl groups is 1. The van der Waals surface area contributed by atoms with E-state index in [9.17, 15) is 5.11 Å². The van der Waals surface area contributed by atoms with E-state index in [4.69, 9.17) is 4.42 Å². The summed E-state index contributed by atoms with van der Waals surface area (Å²) in [6.45, 7) is 3.55. The van der Waals surface area contributed by atoms with E-state index < -0.39 is 5.60 Å². The van der Waals surface area contributed by atoms with Gasteiger partial charge in [0.05, 0.1) is 5.60 Å². The van der Waals surface area contributed by atoms with Crippen molar-refractivity contribution in [1.82, 2.24) is 0 Å². The lowest BCUT2D eigenvalue weighted by Gasteiger charge is -2.14. The van der Waals surface area contributed by atoms with Gasteiger partial charge in [-0.15, -0.1) is 0 Å². The van der Waals surface area contributed by atoms with Crippen LogP contribution < -0.4 is 0 Å². The van der Waals surface area contributed by atoms with Crippen molar-refractivity contribution in [3.8, 4) is 0 Å². The molecule has 1 aromatic heterocycles. The maximum Gasteiger partial charge on any atom is 0.135 e. The number of hydrogen-bond donors (Lipinski definition) is 1. The third-order valence-corrected chi connectivity index (χ3v) is 2.86. The van der Waals surface area contributed by atoms with Crippen LogP contribution in [0.2, 0.25) is 0 Å². The number of hydrogen-bond acceptors (Lipinski definition) is 2. The lowest BCUT2D eigenvalue weighted by molar-refractivity contribution is 0.0757. The lowest BCUT2D eigenvalue weighted by atomic mass is 10.0. The normalized spacial score (nSPS) is 12.3. The third kappa shape index (κ3) is 2.41. The Hall–Kier alpha value is -0.800. The fourth-order valence-corrected chi connectivity index (χ4v) is 2.05. The topological polar surface area (TPSA) is 33.4 Å². The molecule has 0 aliphatic heterocycles. The molecule has 15 heavy (non-hydrogen) atoms. The third-order valence-electron chi connectivity index (χ3n) is 2.17. The van der Waals surface area contributed by atoms with Crippen LogP contribution in [-0.4, -0.2) is 10.7 Å². The molecule has 0 unspecified atom stereocenters. The first kappa shape index (κ1) is 10.7. The molecule has 0 saturated heterocycles. The van der Waals surface area contributed by atoms with Gasteiger partial charge in [-0.2, -0.15) is 0 Å². The molecule has 80 valence electrons. The van der Waals surface area contributed by atoms with E-state index in [-0.39, 0.29) is 0 Å². The monoisotopic (exact) mass is 268 g/mol. The summed E-state index contributed by atoms with van der Waals surface area (Å²) in [6.07, 6.45) is 0.522. The first-order chi connectivity index (χ1) is 6.96. The highest BCUT2D eigenvalue weighted by atomic mass is 79.9. The fraction of sp³-hybridized carbons (Fsp3) is 0.333. The first-order valence-electron chi connectivity index (χ1n) is 4.85. The molecule has 2 rings (SSSR count). The number of rotatable bonds is 2. The summed E-state index contributed by atoms with van der Waals surface area (Å²) in [5.41, 5.74) is 0.115. The maximum absolute atomic E-state index is 9.69. The van der Waals surface area contributed by atoms with Gasteiger partial charge in [-0.1, -0.05) is 22.0 Å². The zero-order valence-corrected chi connectivity index (χ0v) is 10.3. The molecule has 0 saturated carbocycles. The second-order valence-electron chi connectivity index (χ2n) is 4.35. The Balaban J connectivity index is 2.44. The molecule has 0 radical (unpaired) electrons. The van der Waals surface area contributed by atoms with Crippen molar-refractivity contribution in [2.75, 3.05) is 0 Å². The molecule has 0 fully saturated rings. The van der Waals surface area contributed by atoms with Gasteiger partial charge >= 0.3 is 0 Å². The molecular formula is C12H13BrO2. The van der Waals surface area contributed by atoms with E-state index >= 15 is 0 Å². The quantitative estimate of drug-likeness (QED) is 0.905. The Bertz CT molecular complexity index is 480. The highest BCUT2D eigenvalue weighted by molar-refractivity contribution is 9.10. The Morgan fingerprint density at radius 3 is 2.73 bits per heavy atom. The minimum Gasteiger partial charge on any atom is -0.461 e. The standard InChI is InChI=1S/C12H13BrO2/c1-12(2,14)7-8-6-9-10(13)4-3-5-11(9)15-8/h3-6,14H,7H2,1-2H3. The van der Waals surface area contributed by atoms with Crippen molar-refractivity contribution in [1.29, 1.82) is 0 Å². The van der Waals surface area contributed by atoms with Crippen LogP contribution in [-0.2, 0) is 6.42 Å². The molecule has 0 amide bonds. The van der Waals surface area contributed by atoms with Crippen LogP contribution in [0.5, 0.6) is 0 Å². The number of furan rings is 1. The summed E-state index contributed by atoms with van der Waals surface area (Å²) < 4.78 is 6.65. The molecule has 3 heteroatoms. The van der Waals surface area contributed by atoms with Crippen molar-refractivity contribution < 1.29 is 9.52 Å². The smallest absolute Gasteiger partial charge is 0.135 e. The Morgan fingerprint density at radius 1 is 1.40 bits per heavy atom. The minimum atomic E-state index is -0.736. The average molecular weight is 269 g/mol. The Morgan fingerprint density at radius 2 is 2.13 bits per heavy atom. The number of halogens is 1. The minimum absolute atomic E-state index is 0.522. The van der Waals surface area contributed by atoms with Crippen molar-refractivity contribution in [3.05, 3.63) is 34.5 Å². The summed E-state index contributed by atoms with van der Waals surface area (Å²) in [5.74, 6) is 0.810. The van der Waals surface area contributed by atoms with Gasteiger partial charge < -0.3 is 9.52 Å². The van der Waals surface area contributed by atoms with E-state index in [2.05, 4.69) is 15.9 Å². The molecule has 2 aromatic rings. The highest BCUT2D eigenvalue weighted by Crippen LogP contribution is 2.28. The highest BCUT2D eigenvalue weighted by Gasteiger charge is 2.17. The molecule has 0 atom stereocenters. The molecule has 1 aromatic carbocycles. The zero-order chi connectivity index (χ0) is 11.1. The predicted octanol–water partition coefficient (Wildman–Crippen LogP) is 3.51. The lowest BCUT2D eigenvalue weighted by Crippen LogP contribution is -2.21. The average Bonchev–Trinajstić information content (AvgIpc) is 2.45. The Kier molecular flexibility index (Phi) is 2.61. The van der Waals surface area contributed by atoms with Gasteiger partial charge in [0, 0.05) is 16.3 Å². The summed E-state index contributed by atoms with van der Waals surface area (Å²) in [7, 11) is 0. The van der Waals surface area contributed by atoms with Crippen molar-refractivity contribution in [3.63, 3.8) is 0 Å². The van der Waals surface area contributed by atoms with E-state index in [1.165, 1.54) is 0 Å². The second-order valence-corrected chi connectivity index (χ2v) is 5.21. The maximum atomic E-state index is 9.69. The van der Waals surface area contributed by atoms with Crippen molar-refractivity contribution >= 4 is 26.9 Å². The molecule has 0 bridgehead atoms. The van der Waals surface area contributed by atoms with Crippen LogP contribution in [0.4, 0.5) is 0 Å². The van der Waals surface area contributed by atoms with E-state index in [0.29, 0.717) is 6.42 Å². The van der Waals surface area contributed by atoms with Crippen LogP contribution >= 0.6 is 15.9 Å². The van der Waals surface area contributed by atoms with Crippen LogP contribution in [0.1, 0.15) is 19.6 Å². The number of benzene rings is 1. The summed E-state index contributed by atoms with van der Waals surface area (Å²) in [5, 5.41) is 10.7. The van der Waals surface area contributed by atoms with E-state index in [1.807, 2.05) is 24.3 Å². The molecule has 1 N–H and O–H groups in total. The second kappa shape index (κ2) is 3.65. The van der Waals surface area contributed by atoms with Gasteiger partial charge in [-0.05, 0) is 32.0 Å². The van der Waals surface area contributed by atoms with Gasteiger partial charge in [0.25, 0.3) is 0 Å². The summed E-state index contributed by atoms with van der Waals surface area (Å²) in [4.78, 5) is 0. The Labute approximate surface area is 97.0 Å². The van der Waals surface area contributed by atoms with E-state index in [1.54, 1.807) is 13.8 Å². The van der Waals surface area contributed by atoms with Gasteiger partial charge in [-0.25, -0.2) is 0 Å². The summed E-state index contributed by atoms with van der Waals surface area (Å²) in [6, 6.07) is 7.81. The summed E-state index contributed by atoms with van der Waals surface area (Å²) >= 11 is 3.47.